The Hall–Kier alpha value is -3.13. The van der Waals surface area contributed by atoms with E-state index in [2.05, 4.69) is 34.0 Å². The topological polar surface area (TPSA) is 123 Å². The van der Waals surface area contributed by atoms with Gasteiger partial charge < -0.3 is 26.1 Å². The third-order valence-corrected chi connectivity index (χ3v) is 6.66. The largest absolute Gasteiger partial charge is 0.438 e. The minimum absolute atomic E-state index is 0.0603. The van der Waals surface area contributed by atoms with Crippen LogP contribution in [0, 0.1) is 11.8 Å². The number of carbonyl (C=O) groups excluding carboxylic acids is 1. The Morgan fingerprint density at radius 2 is 2.06 bits per heavy atom. The van der Waals surface area contributed by atoms with E-state index in [1.165, 1.54) is 12.8 Å². The molecule has 2 aliphatic rings. The van der Waals surface area contributed by atoms with Gasteiger partial charge in [0.1, 0.15) is 11.1 Å². The molecule has 1 unspecified atom stereocenters. The number of piperidine rings is 1. The van der Waals surface area contributed by atoms with Crippen LogP contribution < -0.4 is 21.7 Å². The van der Waals surface area contributed by atoms with Gasteiger partial charge in [0.15, 0.2) is 5.58 Å². The molecule has 0 radical (unpaired) electrons. The van der Waals surface area contributed by atoms with Gasteiger partial charge in [0, 0.05) is 31.5 Å². The first-order valence-corrected chi connectivity index (χ1v) is 11.3. The summed E-state index contributed by atoms with van der Waals surface area (Å²) in [5.74, 6) is 1.38. The van der Waals surface area contributed by atoms with Crippen LogP contribution in [0.4, 0.5) is 17.3 Å². The lowest BCUT2D eigenvalue weighted by Gasteiger charge is -2.38. The number of nitrogens with two attached hydrogens (primary N) is 2. The van der Waals surface area contributed by atoms with Crippen molar-refractivity contribution in [2.45, 2.75) is 45.1 Å². The summed E-state index contributed by atoms with van der Waals surface area (Å²) in [4.78, 5) is 24.2. The first-order valence-electron chi connectivity index (χ1n) is 11.3. The van der Waals surface area contributed by atoms with Crippen LogP contribution in [0.25, 0.3) is 11.1 Å². The van der Waals surface area contributed by atoms with Gasteiger partial charge in [0.2, 0.25) is 5.88 Å². The van der Waals surface area contributed by atoms with E-state index in [4.69, 9.17) is 15.9 Å². The second-order valence-electron chi connectivity index (χ2n) is 9.46. The quantitative estimate of drug-likeness (QED) is 0.559. The number of rotatable bonds is 5. The minimum atomic E-state index is -0.361. The molecule has 8 nitrogen and oxygen atoms in total. The summed E-state index contributed by atoms with van der Waals surface area (Å²) in [5.41, 5.74) is 16.3. The molecule has 2 atom stereocenters. The van der Waals surface area contributed by atoms with E-state index in [-0.39, 0.29) is 23.4 Å². The Labute approximate surface area is 187 Å². The zero-order valence-electron chi connectivity index (χ0n) is 18.5. The standard InChI is InChI=1S/C24H30N6O2/c1-13(2)15-8-20-22(28-9-15)21(23(26)32-20)24(31)29-18-10-27-6-5-19(18)30-11-16(14-3-4-14)7-17(25)12-30/h5-6,8-10,13-14,16-17H,3-4,7,11-12,25-26H2,1-2H3,(H,29,31)/t16-,17?/m1/s1. The van der Waals surface area contributed by atoms with Crippen LogP contribution in [-0.2, 0) is 0 Å². The van der Waals surface area contributed by atoms with Gasteiger partial charge in [-0.05, 0) is 54.7 Å². The highest BCUT2D eigenvalue weighted by Crippen LogP contribution is 2.42. The SMILES string of the molecule is CC(C)c1cnc2c(C(=O)Nc3cnccc3N3CC(N)C[C@@H](C4CC4)C3)c(N)oc2c1. The number of fused-ring (bicyclic) bond motifs is 1. The van der Waals surface area contributed by atoms with Crippen molar-refractivity contribution >= 4 is 34.3 Å². The van der Waals surface area contributed by atoms with Crippen molar-refractivity contribution in [3.8, 4) is 0 Å². The number of furan rings is 1. The first kappa shape index (κ1) is 20.8. The van der Waals surface area contributed by atoms with Crippen molar-refractivity contribution in [3.63, 3.8) is 0 Å². The van der Waals surface area contributed by atoms with Crippen LogP contribution in [0.1, 0.15) is 54.9 Å². The Morgan fingerprint density at radius 3 is 2.81 bits per heavy atom. The van der Waals surface area contributed by atoms with Crippen LogP contribution in [0.2, 0.25) is 0 Å². The number of hydrogen-bond donors (Lipinski definition) is 3. The van der Waals surface area contributed by atoms with Gasteiger partial charge in [-0.3, -0.25) is 14.8 Å². The van der Waals surface area contributed by atoms with Crippen LogP contribution in [0.5, 0.6) is 0 Å². The van der Waals surface area contributed by atoms with E-state index in [1.807, 2.05) is 12.1 Å². The monoisotopic (exact) mass is 434 g/mol. The zero-order chi connectivity index (χ0) is 22.4. The Bertz CT molecular complexity index is 1150. The van der Waals surface area contributed by atoms with E-state index in [0.29, 0.717) is 28.6 Å². The number of anilines is 3. The number of nitrogens with one attached hydrogen (secondary N) is 1. The maximum absolute atomic E-state index is 13.2. The van der Waals surface area contributed by atoms with Crippen molar-refractivity contribution in [3.05, 3.63) is 41.9 Å². The number of amides is 1. The molecule has 0 aromatic carbocycles. The maximum atomic E-state index is 13.2. The molecule has 8 heteroatoms. The Balaban J connectivity index is 1.43. The second-order valence-corrected chi connectivity index (χ2v) is 9.46. The smallest absolute Gasteiger partial charge is 0.263 e. The van der Waals surface area contributed by atoms with E-state index < -0.39 is 0 Å². The van der Waals surface area contributed by atoms with Gasteiger partial charge in [-0.25, -0.2) is 0 Å². The predicted octanol–water partition coefficient (Wildman–Crippen LogP) is 3.74. The average molecular weight is 435 g/mol. The molecule has 0 spiro atoms. The van der Waals surface area contributed by atoms with E-state index in [0.717, 1.165) is 36.7 Å². The third-order valence-electron chi connectivity index (χ3n) is 6.66. The molecule has 3 aromatic rings. The normalized spacial score (nSPS) is 21.3. The summed E-state index contributed by atoms with van der Waals surface area (Å²) in [6.45, 7) is 5.86. The van der Waals surface area contributed by atoms with Crippen molar-refractivity contribution < 1.29 is 9.21 Å². The van der Waals surface area contributed by atoms with E-state index in [9.17, 15) is 4.79 Å². The number of aromatic nitrogens is 2. The van der Waals surface area contributed by atoms with E-state index in [1.54, 1.807) is 18.6 Å². The molecular formula is C24H30N6O2. The number of pyridine rings is 2. The Kier molecular flexibility index (Phi) is 5.25. The first-order chi connectivity index (χ1) is 15.4. The minimum Gasteiger partial charge on any atom is -0.438 e. The van der Waals surface area contributed by atoms with Crippen molar-refractivity contribution in [2.75, 3.05) is 29.0 Å². The summed E-state index contributed by atoms with van der Waals surface area (Å²) >= 11 is 0. The maximum Gasteiger partial charge on any atom is 0.263 e. The third kappa shape index (κ3) is 3.90. The number of nitrogens with zero attached hydrogens (tertiary/aromatic N) is 3. The lowest BCUT2D eigenvalue weighted by molar-refractivity contribution is 0.102. The highest BCUT2D eigenvalue weighted by molar-refractivity contribution is 6.15. The zero-order valence-corrected chi connectivity index (χ0v) is 18.5. The molecule has 1 amide bonds. The van der Waals surface area contributed by atoms with Crippen LogP contribution in [-0.4, -0.2) is 35.0 Å². The number of carbonyl (C=O) groups is 1. The molecule has 5 rings (SSSR count). The molecule has 2 fully saturated rings. The predicted molar refractivity (Wildman–Crippen MR) is 126 cm³/mol. The van der Waals surface area contributed by atoms with Gasteiger partial charge in [-0.15, -0.1) is 0 Å². The fraction of sp³-hybridized carbons (Fsp3) is 0.458. The molecule has 168 valence electrons. The fourth-order valence-corrected chi connectivity index (χ4v) is 4.78. The van der Waals surface area contributed by atoms with Crippen LogP contribution in [0.3, 0.4) is 0 Å². The number of hydrogen-bond acceptors (Lipinski definition) is 7. The van der Waals surface area contributed by atoms with Crippen LogP contribution in [0.15, 0.2) is 35.1 Å². The summed E-state index contributed by atoms with van der Waals surface area (Å²) < 4.78 is 5.67. The van der Waals surface area contributed by atoms with Crippen molar-refractivity contribution in [2.24, 2.45) is 17.6 Å². The van der Waals surface area contributed by atoms with E-state index >= 15 is 0 Å². The van der Waals surface area contributed by atoms with Crippen molar-refractivity contribution in [1.82, 2.24) is 9.97 Å². The molecule has 4 heterocycles. The van der Waals surface area contributed by atoms with Gasteiger partial charge in [-0.1, -0.05) is 13.8 Å². The molecule has 1 saturated carbocycles. The molecule has 0 bridgehead atoms. The molecule has 5 N–H and O–H groups in total. The molecule has 32 heavy (non-hydrogen) atoms. The molecule has 1 aliphatic carbocycles. The van der Waals surface area contributed by atoms with Gasteiger partial charge in [-0.2, -0.15) is 0 Å². The molecular weight excluding hydrogens is 404 g/mol. The lowest BCUT2D eigenvalue weighted by atomic mass is 9.90. The van der Waals surface area contributed by atoms with Gasteiger partial charge in [0.05, 0.1) is 17.6 Å². The number of nitrogen functional groups attached to an aromatic ring is 1. The van der Waals surface area contributed by atoms with Crippen LogP contribution >= 0.6 is 0 Å². The Morgan fingerprint density at radius 1 is 1.25 bits per heavy atom. The highest BCUT2D eigenvalue weighted by Gasteiger charge is 2.37. The summed E-state index contributed by atoms with van der Waals surface area (Å²) in [6.07, 6.45) is 8.83. The lowest BCUT2D eigenvalue weighted by Crippen LogP contribution is -2.48. The second kappa shape index (κ2) is 8.09. The average Bonchev–Trinajstić information content (AvgIpc) is 3.55. The highest BCUT2D eigenvalue weighted by atomic mass is 16.3. The summed E-state index contributed by atoms with van der Waals surface area (Å²) in [6, 6.07) is 3.95. The van der Waals surface area contributed by atoms with Gasteiger partial charge in [0.25, 0.3) is 5.91 Å². The van der Waals surface area contributed by atoms with Crippen molar-refractivity contribution in [1.29, 1.82) is 0 Å². The summed E-state index contributed by atoms with van der Waals surface area (Å²) in [7, 11) is 0. The van der Waals surface area contributed by atoms with Gasteiger partial charge >= 0.3 is 0 Å². The molecule has 1 saturated heterocycles. The summed E-state index contributed by atoms with van der Waals surface area (Å²) in [5, 5.41) is 2.99. The molecule has 1 aliphatic heterocycles. The molecule has 3 aromatic heterocycles. The fourth-order valence-electron chi connectivity index (χ4n) is 4.78.